The molecule has 8 heteroatoms. The minimum absolute atomic E-state index is 0.0825. The van der Waals surface area contributed by atoms with Crippen molar-refractivity contribution in [2.45, 2.75) is 43.5 Å². The summed E-state index contributed by atoms with van der Waals surface area (Å²) in [7, 11) is 0. The molecule has 0 spiro atoms. The van der Waals surface area contributed by atoms with E-state index in [0.717, 1.165) is 18.7 Å². The first-order chi connectivity index (χ1) is 9.61. The van der Waals surface area contributed by atoms with Gasteiger partial charge >= 0.3 is 5.97 Å². The second kappa shape index (κ2) is 5.08. The number of carbonyl (C=O) groups excluding carboxylic acids is 1. The molecule has 0 aromatic carbocycles. The Hall–Kier alpha value is -1.57. The Kier molecular flexibility index (Phi) is 3.41. The van der Waals surface area contributed by atoms with E-state index in [4.69, 9.17) is 0 Å². The molecule has 1 saturated carbocycles. The van der Waals surface area contributed by atoms with E-state index in [-0.39, 0.29) is 11.2 Å². The SMILES string of the molecule is CCC1SCC(C(=O)O)N1C(=O)c1n[nH]c(C2CC2)n1. The number of aromatic amines is 1. The van der Waals surface area contributed by atoms with E-state index < -0.39 is 17.9 Å². The van der Waals surface area contributed by atoms with Crippen LogP contribution in [0.2, 0.25) is 0 Å². The van der Waals surface area contributed by atoms with Gasteiger partial charge < -0.3 is 10.0 Å². The Morgan fingerprint density at radius 2 is 2.25 bits per heavy atom. The third kappa shape index (κ3) is 2.28. The maximum atomic E-state index is 12.5. The van der Waals surface area contributed by atoms with Crippen LogP contribution >= 0.6 is 11.8 Å². The van der Waals surface area contributed by atoms with Crippen LogP contribution in [-0.4, -0.2) is 54.2 Å². The number of H-pyrrole nitrogens is 1. The number of aromatic nitrogens is 3. The van der Waals surface area contributed by atoms with Crippen LogP contribution in [0.4, 0.5) is 0 Å². The molecule has 2 heterocycles. The number of carboxylic acids is 1. The molecule has 0 radical (unpaired) electrons. The maximum absolute atomic E-state index is 12.5. The summed E-state index contributed by atoms with van der Waals surface area (Å²) in [5, 5.41) is 15.9. The van der Waals surface area contributed by atoms with Gasteiger partial charge in [0.1, 0.15) is 11.9 Å². The van der Waals surface area contributed by atoms with Gasteiger partial charge in [0, 0.05) is 11.7 Å². The lowest BCUT2D eigenvalue weighted by Crippen LogP contribution is -2.45. The molecule has 2 N–H and O–H groups in total. The smallest absolute Gasteiger partial charge is 0.327 e. The van der Waals surface area contributed by atoms with E-state index in [0.29, 0.717) is 18.1 Å². The van der Waals surface area contributed by atoms with Crippen LogP contribution in [0.15, 0.2) is 0 Å². The summed E-state index contributed by atoms with van der Waals surface area (Å²) >= 11 is 1.49. The van der Waals surface area contributed by atoms with Crippen molar-refractivity contribution in [2.75, 3.05) is 5.75 Å². The highest BCUT2D eigenvalue weighted by Crippen LogP contribution is 2.38. The summed E-state index contributed by atoms with van der Waals surface area (Å²) in [4.78, 5) is 29.4. The Balaban J connectivity index is 1.83. The highest BCUT2D eigenvalue weighted by atomic mass is 32.2. The van der Waals surface area contributed by atoms with Crippen molar-refractivity contribution >= 4 is 23.6 Å². The van der Waals surface area contributed by atoms with Crippen molar-refractivity contribution < 1.29 is 14.7 Å². The normalized spacial score (nSPS) is 25.9. The Labute approximate surface area is 120 Å². The molecule has 1 aliphatic heterocycles. The topological polar surface area (TPSA) is 99.2 Å². The fourth-order valence-electron chi connectivity index (χ4n) is 2.37. The molecule has 1 saturated heterocycles. The van der Waals surface area contributed by atoms with Crippen molar-refractivity contribution in [3.63, 3.8) is 0 Å². The summed E-state index contributed by atoms with van der Waals surface area (Å²) in [5.74, 6) is 0.255. The van der Waals surface area contributed by atoms with Crippen LogP contribution in [0.3, 0.4) is 0 Å². The molecule has 7 nitrogen and oxygen atoms in total. The molecule has 2 aliphatic rings. The number of nitrogens with zero attached hydrogens (tertiary/aromatic N) is 3. The van der Waals surface area contributed by atoms with Gasteiger partial charge in [0.2, 0.25) is 5.82 Å². The number of amides is 1. The molecular weight excluding hydrogens is 280 g/mol. The number of rotatable bonds is 4. The van der Waals surface area contributed by atoms with Crippen LogP contribution in [-0.2, 0) is 4.79 Å². The molecular formula is C12H16N4O3S. The largest absolute Gasteiger partial charge is 0.480 e. The molecule has 1 aromatic rings. The van der Waals surface area contributed by atoms with Gasteiger partial charge in [-0.3, -0.25) is 9.89 Å². The molecule has 20 heavy (non-hydrogen) atoms. The van der Waals surface area contributed by atoms with E-state index >= 15 is 0 Å². The second-order valence-electron chi connectivity index (χ2n) is 5.08. The van der Waals surface area contributed by atoms with E-state index in [9.17, 15) is 14.7 Å². The highest BCUT2D eigenvalue weighted by molar-refractivity contribution is 8.00. The van der Waals surface area contributed by atoms with Gasteiger partial charge in [-0.15, -0.1) is 16.9 Å². The average Bonchev–Trinajstić information content (AvgIpc) is 3.02. The maximum Gasteiger partial charge on any atom is 0.327 e. The van der Waals surface area contributed by atoms with Gasteiger partial charge in [-0.05, 0) is 19.3 Å². The summed E-state index contributed by atoms with van der Waals surface area (Å²) in [5.41, 5.74) is 0. The van der Waals surface area contributed by atoms with Gasteiger partial charge in [0.15, 0.2) is 0 Å². The Bertz CT molecular complexity index is 543. The first kappa shape index (κ1) is 13.4. The molecule has 2 atom stereocenters. The van der Waals surface area contributed by atoms with Gasteiger partial charge in [-0.2, -0.15) is 0 Å². The minimum Gasteiger partial charge on any atom is -0.480 e. The van der Waals surface area contributed by atoms with Gasteiger partial charge in [0.25, 0.3) is 5.91 Å². The average molecular weight is 296 g/mol. The number of carboxylic acid groups (broad SMARTS) is 1. The number of carbonyl (C=O) groups is 2. The number of thioether (sulfide) groups is 1. The van der Waals surface area contributed by atoms with Crippen molar-refractivity contribution in [2.24, 2.45) is 0 Å². The van der Waals surface area contributed by atoms with Crippen molar-refractivity contribution in [3.05, 3.63) is 11.6 Å². The molecule has 2 unspecified atom stereocenters. The molecule has 1 aromatic heterocycles. The number of nitrogens with one attached hydrogen (secondary N) is 1. The molecule has 1 aliphatic carbocycles. The quantitative estimate of drug-likeness (QED) is 0.862. The third-order valence-electron chi connectivity index (χ3n) is 3.62. The van der Waals surface area contributed by atoms with Crippen LogP contribution in [0, 0.1) is 0 Å². The first-order valence-electron chi connectivity index (χ1n) is 6.71. The molecule has 0 bridgehead atoms. The fourth-order valence-corrected chi connectivity index (χ4v) is 3.71. The van der Waals surface area contributed by atoms with Crippen LogP contribution in [0.5, 0.6) is 0 Å². The van der Waals surface area contributed by atoms with Crippen molar-refractivity contribution in [1.29, 1.82) is 0 Å². The molecule has 108 valence electrons. The summed E-state index contributed by atoms with van der Waals surface area (Å²) < 4.78 is 0. The lowest BCUT2D eigenvalue weighted by molar-refractivity contribution is -0.141. The van der Waals surface area contributed by atoms with Crippen LogP contribution in [0.25, 0.3) is 0 Å². The Morgan fingerprint density at radius 3 is 2.85 bits per heavy atom. The summed E-state index contributed by atoms with van der Waals surface area (Å²) in [6.07, 6.45) is 2.84. The van der Waals surface area contributed by atoms with E-state index in [1.807, 2.05) is 6.92 Å². The zero-order valence-corrected chi connectivity index (χ0v) is 11.9. The molecule has 1 amide bonds. The zero-order chi connectivity index (χ0) is 14.3. The first-order valence-corrected chi connectivity index (χ1v) is 7.76. The van der Waals surface area contributed by atoms with E-state index in [1.54, 1.807) is 0 Å². The fraction of sp³-hybridized carbons (Fsp3) is 0.667. The van der Waals surface area contributed by atoms with Crippen molar-refractivity contribution in [1.82, 2.24) is 20.1 Å². The third-order valence-corrected chi connectivity index (χ3v) is 5.07. The predicted molar refractivity (Wildman–Crippen MR) is 72.5 cm³/mol. The van der Waals surface area contributed by atoms with E-state index in [1.165, 1.54) is 16.7 Å². The number of hydrogen-bond donors (Lipinski definition) is 2. The van der Waals surface area contributed by atoms with E-state index in [2.05, 4.69) is 15.2 Å². The van der Waals surface area contributed by atoms with Crippen LogP contribution < -0.4 is 0 Å². The molecule has 2 fully saturated rings. The zero-order valence-electron chi connectivity index (χ0n) is 11.1. The summed E-state index contributed by atoms with van der Waals surface area (Å²) in [6.45, 7) is 1.94. The monoisotopic (exact) mass is 296 g/mol. The predicted octanol–water partition coefficient (Wildman–Crippen LogP) is 1.06. The van der Waals surface area contributed by atoms with Crippen LogP contribution in [0.1, 0.15) is 48.5 Å². The van der Waals surface area contributed by atoms with Gasteiger partial charge in [-0.25, -0.2) is 9.78 Å². The van der Waals surface area contributed by atoms with Gasteiger partial charge in [0.05, 0.1) is 5.37 Å². The summed E-state index contributed by atoms with van der Waals surface area (Å²) in [6, 6.07) is -0.791. The minimum atomic E-state index is -0.972. The lowest BCUT2D eigenvalue weighted by Gasteiger charge is -2.25. The van der Waals surface area contributed by atoms with Crippen molar-refractivity contribution in [3.8, 4) is 0 Å². The lowest BCUT2D eigenvalue weighted by atomic mass is 10.2. The standard InChI is InChI=1S/C12H16N4O3S/c1-2-8-16(7(5-20-8)12(18)19)11(17)10-13-9(14-15-10)6-3-4-6/h6-8H,2-5H2,1H3,(H,18,19)(H,13,14,15). The highest BCUT2D eigenvalue weighted by Gasteiger charge is 2.42. The Morgan fingerprint density at radius 1 is 1.50 bits per heavy atom. The second-order valence-corrected chi connectivity index (χ2v) is 6.29. The molecule has 3 rings (SSSR count). The van der Waals surface area contributed by atoms with Gasteiger partial charge in [-0.1, -0.05) is 6.92 Å². The number of aliphatic carboxylic acids is 1. The number of hydrogen-bond acceptors (Lipinski definition) is 5.